The maximum atomic E-state index is 11.5. The summed E-state index contributed by atoms with van der Waals surface area (Å²) in [6.45, 7) is 5.25. The van der Waals surface area contributed by atoms with E-state index in [1.807, 2.05) is 24.6 Å². The lowest BCUT2D eigenvalue weighted by Gasteiger charge is -2.14. The second kappa shape index (κ2) is 6.65. The first kappa shape index (κ1) is 14.0. The van der Waals surface area contributed by atoms with Crippen molar-refractivity contribution in [3.63, 3.8) is 0 Å². The van der Waals surface area contributed by atoms with Gasteiger partial charge < -0.3 is 15.2 Å². The first-order valence-electron chi connectivity index (χ1n) is 6.53. The number of amides is 1. The van der Waals surface area contributed by atoms with Crippen LogP contribution in [0.3, 0.4) is 0 Å². The van der Waals surface area contributed by atoms with Crippen LogP contribution in [0.25, 0.3) is 0 Å². The highest BCUT2D eigenvalue weighted by atomic mass is 16.1. The minimum Gasteiger partial charge on any atom is -0.364 e. The lowest BCUT2D eigenvalue weighted by molar-refractivity contribution is 0.0950. The zero-order chi connectivity index (χ0) is 14.4. The maximum absolute atomic E-state index is 11.5. The van der Waals surface area contributed by atoms with Crippen molar-refractivity contribution in [3.05, 3.63) is 36.5 Å². The van der Waals surface area contributed by atoms with Crippen LogP contribution < -0.4 is 10.6 Å². The molecule has 0 saturated carbocycles. The molecule has 20 heavy (non-hydrogen) atoms. The third kappa shape index (κ3) is 3.78. The topological polar surface area (TPSA) is 84.7 Å². The number of nitrogens with zero attached hydrogens (tertiary/aromatic N) is 4. The minimum absolute atomic E-state index is 0.175. The maximum Gasteiger partial charge on any atom is 0.271 e. The van der Waals surface area contributed by atoms with Gasteiger partial charge in [-0.15, -0.1) is 10.2 Å². The number of carbonyl (C=O) groups is 1. The van der Waals surface area contributed by atoms with Crippen molar-refractivity contribution in [2.75, 3.05) is 11.9 Å². The molecule has 106 valence electrons. The van der Waals surface area contributed by atoms with Crippen LogP contribution in [0.5, 0.6) is 0 Å². The molecule has 0 aromatic carbocycles. The zero-order valence-electron chi connectivity index (χ0n) is 11.6. The number of anilines is 1. The summed E-state index contributed by atoms with van der Waals surface area (Å²) in [7, 11) is 0. The molecule has 0 spiro atoms. The molecule has 0 aliphatic heterocycles. The summed E-state index contributed by atoms with van der Waals surface area (Å²) in [4.78, 5) is 15.5. The van der Waals surface area contributed by atoms with E-state index in [4.69, 9.17) is 0 Å². The normalized spacial score (nSPS) is 11.9. The zero-order valence-corrected chi connectivity index (χ0v) is 11.6. The molecule has 7 nitrogen and oxygen atoms in total. The number of hydrogen-bond donors (Lipinski definition) is 2. The van der Waals surface area contributed by atoms with E-state index in [9.17, 15) is 4.79 Å². The summed E-state index contributed by atoms with van der Waals surface area (Å²) in [6, 6.07) is 3.58. The lowest BCUT2D eigenvalue weighted by Crippen LogP contribution is -2.25. The Morgan fingerprint density at radius 2 is 2.25 bits per heavy atom. The molecule has 1 unspecified atom stereocenters. The number of nitrogens with one attached hydrogen (secondary N) is 2. The van der Waals surface area contributed by atoms with E-state index in [1.54, 1.807) is 24.7 Å². The van der Waals surface area contributed by atoms with Gasteiger partial charge in [-0.2, -0.15) is 0 Å². The summed E-state index contributed by atoms with van der Waals surface area (Å²) in [5.74, 6) is 0.434. The van der Waals surface area contributed by atoms with Gasteiger partial charge in [0.15, 0.2) is 5.69 Å². The van der Waals surface area contributed by atoms with Gasteiger partial charge in [-0.25, -0.2) is 4.98 Å². The molecule has 2 rings (SSSR count). The minimum atomic E-state index is -0.210. The van der Waals surface area contributed by atoms with Crippen LogP contribution in [-0.2, 0) is 6.54 Å². The van der Waals surface area contributed by atoms with Gasteiger partial charge in [0.25, 0.3) is 5.91 Å². The van der Waals surface area contributed by atoms with E-state index in [2.05, 4.69) is 25.8 Å². The molecule has 2 heterocycles. The Kier molecular flexibility index (Phi) is 4.65. The number of imidazole rings is 1. The Balaban J connectivity index is 1.91. The van der Waals surface area contributed by atoms with Crippen molar-refractivity contribution < 1.29 is 4.79 Å². The first-order chi connectivity index (χ1) is 9.69. The van der Waals surface area contributed by atoms with Crippen molar-refractivity contribution >= 4 is 11.7 Å². The third-order valence-electron chi connectivity index (χ3n) is 2.67. The van der Waals surface area contributed by atoms with E-state index < -0.39 is 0 Å². The Bertz CT molecular complexity index is 536. The largest absolute Gasteiger partial charge is 0.364 e. The summed E-state index contributed by atoms with van der Waals surface area (Å²) in [5.41, 5.74) is 0.319. The highest BCUT2D eigenvalue weighted by Crippen LogP contribution is 2.05. The number of rotatable bonds is 6. The van der Waals surface area contributed by atoms with Gasteiger partial charge in [-0.05, 0) is 26.0 Å². The Hall–Kier alpha value is -2.44. The van der Waals surface area contributed by atoms with Crippen LogP contribution >= 0.6 is 0 Å². The SMILES string of the molecule is CCNC(=O)c1ccc(NC(C)Cn2ccnc2)nn1. The van der Waals surface area contributed by atoms with Gasteiger partial charge >= 0.3 is 0 Å². The average Bonchev–Trinajstić information content (AvgIpc) is 2.92. The van der Waals surface area contributed by atoms with Crippen LogP contribution in [0.4, 0.5) is 5.82 Å². The van der Waals surface area contributed by atoms with Gasteiger partial charge in [0, 0.05) is 31.5 Å². The average molecular weight is 274 g/mol. The van der Waals surface area contributed by atoms with Gasteiger partial charge in [-0.3, -0.25) is 4.79 Å². The summed E-state index contributed by atoms with van der Waals surface area (Å²) in [5, 5.41) is 13.8. The number of aromatic nitrogens is 4. The van der Waals surface area contributed by atoms with E-state index in [1.165, 1.54) is 0 Å². The Labute approximate surface area is 117 Å². The highest BCUT2D eigenvalue weighted by Gasteiger charge is 2.08. The van der Waals surface area contributed by atoms with Crippen LogP contribution in [0.15, 0.2) is 30.9 Å². The molecular weight excluding hydrogens is 256 g/mol. The highest BCUT2D eigenvalue weighted by molar-refractivity contribution is 5.92. The second-order valence-corrected chi connectivity index (χ2v) is 4.47. The van der Waals surface area contributed by atoms with Crippen molar-refractivity contribution in [1.82, 2.24) is 25.1 Å². The standard InChI is InChI=1S/C13H18N6O/c1-3-15-13(20)11-4-5-12(18-17-11)16-10(2)8-19-7-6-14-9-19/h4-7,9-10H,3,8H2,1-2H3,(H,15,20)(H,16,18). The predicted octanol–water partition coefficient (Wildman–Crippen LogP) is 0.923. The molecule has 1 atom stereocenters. The molecule has 1 amide bonds. The Morgan fingerprint density at radius 3 is 2.85 bits per heavy atom. The third-order valence-corrected chi connectivity index (χ3v) is 2.67. The van der Waals surface area contributed by atoms with E-state index in [0.29, 0.717) is 18.1 Å². The summed E-state index contributed by atoms with van der Waals surface area (Å²) < 4.78 is 1.98. The van der Waals surface area contributed by atoms with Crippen LogP contribution in [0.2, 0.25) is 0 Å². The number of carbonyl (C=O) groups excluding carboxylic acids is 1. The quantitative estimate of drug-likeness (QED) is 0.818. The molecule has 0 bridgehead atoms. The molecule has 2 aromatic heterocycles. The van der Waals surface area contributed by atoms with E-state index in [0.717, 1.165) is 6.54 Å². The van der Waals surface area contributed by atoms with Gasteiger partial charge in [0.2, 0.25) is 0 Å². The fourth-order valence-corrected chi connectivity index (χ4v) is 1.79. The molecule has 0 fully saturated rings. The first-order valence-corrected chi connectivity index (χ1v) is 6.53. The van der Waals surface area contributed by atoms with Crippen molar-refractivity contribution in [2.24, 2.45) is 0 Å². The van der Waals surface area contributed by atoms with Crippen molar-refractivity contribution in [1.29, 1.82) is 0 Å². The van der Waals surface area contributed by atoms with Crippen molar-refractivity contribution in [2.45, 2.75) is 26.4 Å². The van der Waals surface area contributed by atoms with E-state index >= 15 is 0 Å². The van der Waals surface area contributed by atoms with Gasteiger partial charge in [0.05, 0.1) is 6.33 Å². The number of hydrogen-bond acceptors (Lipinski definition) is 5. The van der Waals surface area contributed by atoms with E-state index in [-0.39, 0.29) is 11.9 Å². The van der Waals surface area contributed by atoms with Gasteiger partial charge in [-0.1, -0.05) is 0 Å². The fourth-order valence-electron chi connectivity index (χ4n) is 1.79. The molecule has 7 heteroatoms. The molecule has 0 aliphatic carbocycles. The molecule has 2 N–H and O–H groups in total. The molecule has 0 radical (unpaired) electrons. The predicted molar refractivity (Wildman–Crippen MR) is 75.4 cm³/mol. The van der Waals surface area contributed by atoms with Crippen LogP contribution in [-0.4, -0.2) is 38.2 Å². The van der Waals surface area contributed by atoms with Gasteiger partial charge in [0.1, 0.15) is 5.82 Å². The monoisotopic (exact) mass is 274 g/mol. The van der Waals surface area contributed by atoms with Crippen LogP contribution in [0.1, 0.15) is 24.3 Å². The second-order valence-electron chi connectivity index (χ2n) is 4.47. The lowest BCUT2D eigenvalue weighted by atomic mass is 10.3. The molecular formula is C13H18N6O. The smallest absolute Gasteiger partial charge is 0.271 e. The molecule has 0 aliphatic rings. The summed E-state index contributed by atoms with van der Waals surface area (Å²) in [6.07, 6.45) is 5.41. The van der Waals surface area contributed by atoms with Crippen molar-refractivity contribution in [3.8, 4) is 0 Å². The summed E-state index contributed by atoms with van der Waals surface area (Å²) >= 11 is 0. The molecule has 2 aromatic rings. The fraction of sp³-hybridized carbons (Fsp3) is 0.385. The van der Waals surface area contributed by atoms with Crippen LogP contribution in [0, 0.1) is 0 Å². The Morgan fingerprint density at radius 1 is 1.40 bits per heavy atom. The molecule has 0 saturated heterocycles.